The van der Waals surface area contributed by atoms with Gasteiger partial charge in [0.15, 0.2) is 0 Å². The first-order valence-electron chi connectivity index (χ1n) is 3.39. The molecule has 1 rings (SSSR count). The summed E-state index contributed by atoms with van der Waals surface area (Å²) in [6.07, 6.45) is -2.61. The highest BCUT2D eigenvalue weighted by Crippen LogP contribution is 2.26. The standard InChI is InChI=1S/C7H6ClF2IN2/c8-4-1-3(2-12)5(6(9)10)13-7(4)11/h1,6H,2,12H2. The van der Waals surface area contributed by atoms with Gasteiger partial charge in [-0.1, -0.05) is 11.6 Å². The Morgan fingerprint density at radius 1 is 1.62 bits per heavy atom. The number of alkyl halides is 2. The molecule has 0 radical (unpaired) electrons. The lowest BCUT2D eigenvalue weighted by Gasteiger charge is -2.07. The van der Waals surface area contributed by atoms with E-state index in [1.807, 2.05) is 0 Å². The molecule has 0 amide bonds. The van der Waals surface area contributed by atoms with Crippen LogP contribution in [0.1, 0.15) is 17.7 Å². The summed E-state index contributed by atoms with van der Waals surface area (Å²) in [6, 6.07) is 1.43. The van der Waals surface area contributed by atoms with Gasteiger partial charge in [0, 0.05) is 6.54 Å². The van der Waals surface area contributed by atoms with Crippen LogP contribution in [0.15, 0.2) is 6.07 Å². The van der Waals surface area contributed by atoms with Crippen LogP contribution in [0.5, 0.6) is 0 Å². The Morgan fingerprint density at radius 2 is 2.23 bits per heavy atom. The summed E-state index contributed by atoms with van der Waals surface area (Å²) in [4.78, 5) is 3.67. The summed E-state index contributed by atoms with van der Waals surface area (Å²) in [5.41, 5.74) is 5.28. The van der Waals surface area contributed by atoms with Crippen molar-refractivity contribution < 1.29 is 8.78 Å². The molecule has 1 aromatic heterocycles. The monoisotopic (exact) mass is 318 g/mol. The van der Waals surface area contributed by atoms with Crippen molar-refractivity contribution in [2.75, 3.05) is 0 Å². The van der Waals surface area contributed by atoms with Crippen molar-refractivity contribution >= 4 is 34.2 Å². The smallest absolute Gasteiger partial charge is 0.280 e. The molecule has 0 aromatic carbocycles. The van der Waals surface area contributed by atoms with E-state index < -0.39 is 6.43 Å². The molecule has 0 saturated carbocycles. The molecule has 0 aliphatic heterocycles. The first-order valence-corrected chi connectivity index (χ1v) is 4.85. The summed E-state index contributed by atoms with van der Waals surface area (Å²) in [5, 5.41) is 0.352. The Balaban J connectivity index is 3.25. The van der Waals surface area contributed by atoms with E-state index in [-0.39, 0.29) is 12.2 Å². The van der Waals surface area contributed by atoms with Gasteiger partial charge >= 0.3 is 0 Å². The zero-order chi connectivity index (χ0) is 10.0. The van der Waals surface area contributed by atoms with Gasteiger partial charge in [-0.2, -0.15) is 0 Å². The molecule has 0 fully saturated rings. The first kappa shape index (κ1) is 11.1. The van der Waals surface area contributed by atoms with Crippen LogP contribution in [-0.2, 0) is 6.54 Å². The highest BCUT2D eigenvalue weighted by atomic mass is 127. The first-order chi connectivity index (χ1) is 6.06. The van der Waals surface area contributed by atoms with Crippen LogP contribution in [0.2, 0.25) is 5.02 Å². The van der Waals surface area contributed by atoms with Gasteiger partial charge in [0.05, 0.1) is 5.02 Å². The van der Waals surface area contributed by atoms with Crippen molar-refractivity contribution in [3.05, 3.63) is 26.0 Å². The highest BCUT2D eigenvalue weighted by Gasteiger charge is 2.16. The Kier molecular flexibility index (Phi) is 3.81. The lowest BCUT2D eigenvalue weighted by Crippen LogP contribution is -2.05. The molecule has 72 valence electrons. The van der Waals surface area contributed by atoms with Crippen LogP contribution < -0.4 is 5.73 Å². The molecule has 0 spiro atoms. The number of nitrogens with zero attached hydrogens (tertiary/aromatic N) is 1. The number of rotatable bonds is 2. The van der Waals surface area contributed by atoms with Crippen LogP contribution in [0, 0.1) is 3.70 Å². The maximum Gasteiger partial charge on any atom is 0.280 e. The quantitative estimate of drug-likeness (QED) is 0.673. The van der Waals surface area contributed by atoms with Crippen LogP contribution in [0.3, 0.4) is 0 Å². The van der Waals surface area contributed by atoms with Gasteiger partial charge in [-0.3, -0.25) is 0 Å². The van der Waals surface area contributed by atoms with E-state index in [0.717, 1.165) is 0 Å². The van der Waals surface area contributed by atoms with Crippen molar-refractivity contribution in [3.8, 4) is 0 Å². The minimum Gasteiger partial charge on any atom is -0.326 e. The average molecular weight is 318 g/mol. The second kappa shape index (κ2) is 4.47. The predicted octanol–water partition coefficient (Wildman–Crippen LogP) is 2.74. The molecule has 6 heteroatoms. The van der Waals surface area contributed by atoms with E-state index in [4.69, 9.17) is 17.3 Å². The Labute approximate surface area is 92.6 Å². The van der Waals surface area contributed by atoms with Gasteiger partial charge in [-0.05, 0) is 34.2 Å². The van der Waals surface area contributed by atoms with Crippen LogP contribution in [-0.4, -0.2) is 4.98 Å². The van der Waals surface area contributed by atoms with E-state index in [0.29, 0.717) is 14.3 Å². The zero-order valence-electron chi connectivity index (χ0n) is 6.40. The number of nitrogens with two attached hydrogens (primary N) is 1. The predicted molar refractivity (Wildman–Crippen MR) is 54.8 cm³/mol. The van der Waals surface area contributed by atoms with Crippen molar-refractivity contribution in [1.29, 1.82) is 0 Å². The lowest BCUT2D eigenvalue weighted by atomic mass is 10.2. The van der Waals surface area contributed by atoms with Gasteiger partial charge < -0.3 is 5.73 Å². The second-order valence-electron chi connectivity index (χ2n) is 2.31. The molecule has 0 aliphatic carbocycles. The summed E-state index contributed by atoms with van der Waals surface area (Å²) in [6.45, 7) is 0.0172. The molecular weight excluding hydrogens is 312 g/mol. The Bertz CT molecular complexity index is 320. The molecule has 0 atom stereocenters. The van der Waals surface area contributed by atoms with Crippen molar-refractivity contribution in [2.45, 2.75) is 13.0 Å². The third kappa shape index (κ3) is 2.47. The van der Waals surface area contributed by atoms with Gasteiger partial charge in [-0.25, -0.2) is 13.8 Å². The van der Waals surface area contributed by atoms with E-state index >= 15 is 0 Å². The normalized spacial score (nSPS) is 10.9. The molecule has 1 heterocycles. The molecular formula is C7H6ClF2IN2. The van der Waals surface area contributed by atoms with E-state index in [2.05, 4.69) is 4.98 Å². The van der Waals surface area contributed by atoms with Crippen LogP contribution in [0.25, 0.3) is 0 Å². The average Bonchev–Trinajstić information content (AvgIpc) is 2.08. The fourth-order valence-corrected chi connectivity index (χ4v) is 1.46. The second-order valence-corrected chi connectivity index (χ2v) is 3.74. The third-order valence-corrected chi connectivity index (χ3v) is 2.90. The number of halogens is 4. The summed E-state index contributed by atoms with van der Waals surface area (Å²) >= 11 is 7.50. The maximum absolute atomic E-state index is 12.4. The van der Waals surface area contributed by atoms with Crippen LogP contribution >= 0.6 is 34.2 Å². The molecule has 1 aromatic rings. The Hall–Kier alpha value is -0.0100. The Morgan fingerprint density at radius 3 is 2.69 bits per heavy atom. The molecule has 2 nitrogen and oxygen atoms in total. The molecule has 0 aliphatic rings. The van der Waals surface area contributed by atoms with Crippen molar-refractivity contribution in [1.82, 2.24) is 4.98 Å². The third-order valence-electron chi connectivity index (χ3n) is 1.47. The summed E-state index contributed by atoms with van der Waals surface area (Å²) < 4.78 is 25.1. The van der Waals surface area contributed by atoms with Crippen molar-refractivity contribution in [2.24, 2.45) is 5.73 Å². The number of aromatic nitrogens is 1. The number of hydrogen-bond acceptors (Lipinski definition) is 2. The molecule has 0 unspecified atom stereocenters. The largest absolute Gasteiger partial charge is 0.326 e. The SMILES string of the molecule is NCc1cc(Cl)c(I)nc1C(F)F. The van der Waals surface area contributed by atoms with Gasteiger partial charge in [-0.15, -0.1) is 0 Å². The molecule has 13 heavy (non-hydrogen) atoms. The minimum absolute atomic E-state index is 0.0172. The fourth-order valence-electron chi connectivity index (χ4n) is 0.870. The maximum atomic E-state index is 12.4. The zero-order valence-corrected chi connectivity index (χ0v) is 9.31. The molecule has 0 saturated heterocycles. The van der Waals surface area contributed by atoms with Gasteiger partial charge in [0.25, 0.3) is 6.43 Å². The van der Waals surface area contributed by atoms with Crippen LogP contribution in [0.4, 0.5) is 8.78 Å². The van der Waals surface area contributed by atoms with E-state index in [9.17, 15) is 8.78 Å². The number of pyridine rings is 1. The van der Waals surface area contributed by atoms with E-state index in [1.165, 1.54) is 6.07 Å². The minimum atomic E-state index is -2.61. The molecule has 2 N–H and O–H groups in total. The fraction of sp³-hybridized carbons (Fsp3) is 0.286. The van der Waals surface area contributed by atoms with Crippen molar-refractivity contribution in [3.63, 3.8) is 0 Å². The highest BCUT2D eigenvalue weighted by molar-refractivity contribution is 14.1. The molecule has 0 bridgehead atoms. The summed E-state index contributed by atoms with van der Waals surface area (Å²) in [5.74, 6) is 0. The lowest BCUT2D eigenvalue weighted by molar-refractivity contribution is 0.144. The number of hydrogen-bond donors (Lipinski definition) is 1. The van der Waals surface area contributed by atoms with Gasteiger partial charge in [0.2, 0.25) is 0 Å². The summed E-state index contributed by atoms with van der Waals surface area (Å²) in [7, 11) is 0. The topological polar surface area (TPSA) is 38.9 Å². The van der Waals surface area contributed by atoms with E-state index in [1.54, 1.807) is 22.6 Å². The van der Waals surface area contributed by atoms with Gasteiger partial charge in [0.1, 0.15) is 9.39 Å².